The summed E-state index contributed by atoms with van der Waals surface area (Å²) >= 11 is 0. The third-order valence-corrected chi connectivity index (χ3v) is 5.16. The highest BCUT2D eigenvalue weighted by atomic mass is 16.5. The SMILES string of the molecule is COCCCNC(=O)C1CCN(C(=O)c2oc3ccccc3c2COC)CC1. The smallest absolute Gasteiger partial charge is 0.289 e. The van der Waals surface area contributed by atoms with Crippen molar-refractivity contribution in [2.24, 2.45) is 5.92 Å². The van der Waals surface area contributed by atoms with Gasteiger partial charge in [0.2, 0.25) is 5.91 Å². The van der Waals surface area contributed by atoms with Crippen molar-refractivity contribution in [3.8, 4) is 0 Å². The number of hydrogen-bond acceptors (Lipinski definition) is 5. The zero-order chi connectivity index (χ0) is 19.9. The van der Waals surface area contributed by atoms with Crippen LogP contribution in [0, 0.1) is 5.92 Å². The number of fused-ring (bicyclic) bond motifs is 1. The molecule has 1 aliphatic heterocycles. The van der Waals surface area contributed by atoms with Crippen LogP contribution in [0.2, 0.25) is 0 Å². The van der Waals surface area contributed by atoms with Crippen LogP contribution in [0.1, 0.15) is 35.4 Å². The van der Waals surface area contributed by atoms with Crippen molar-refractivity contribution in [1.82, 2.24) is 10.2 Å². The van der Waals surface area contributed by atoms with Crippen LogP contribution in [-0.2, 0) is 20.9 Å². The van der Waals surface area contributed by atoms with Crippen LogP contribution < -0.4 is 5.32 Å². The maximum Gasteiger partial charge on any atom is 0.289 e. The molecule has 1 N–H and O–H groups in total. The highest BCUT2D eigenvalue weighted by Gasteiger charge is 2.30. The average Bonchev–Trinajstić information content (AvgIpc) is 3.09. The number of methoxy groups -OCH3 is 2. The van der Waals surface area contributed by atoms with Gasteiger partial charge in [-0.25, -0.2) is 0 Å². The van der Waals surface area contributed by atoms with E-state index in [2.05, 4.69) is 5.32 Å². The molecule has 0 unspecified atom stereocenters. The van der Waals surface area contributed by atoms with Gasteiger partial charge in [0.05, 0.1) is 6.61 Å². The van der Waals surface area contributed by atoms with Crippen molar-refractivity contribution < 1.29 is 23.5 Å². The molecule has 0 spiro atoms. The Kier molecular flexibility index (Phi) is 7.06. The quantitative estimate of drug-likeness (QED) is 0.703. The van der Waals surface area contributed by atoms with Crippen LogP contribution in [0.5, 0.6) is 0 Å². The third-order valence-electron chi connectivity index (χ3n) is 5.16. The van der Waals surface area contributed by atoms with Crippen LogP contribution in [-0.4, -0.2) is 57.2 Å². The molecule has 0 bridgehead atoms. The number of rotatable bonds is 8. The molecular weight excluding hydrogens is 360 g/mol. The van der Waals surface area contributed by atoms with Gasteiger partial charge in [0.1, 0.15) is 5.58 Å². The van der Waals surface area contributed by atoms with Gasteiger partial charge in [-0.2, -0.15) is 0 Å². The number of likely N-dealkylation sites (tertiary alicyclic amines) is 1. The van der Waals surface area contributed by atoms with E-state index in [-0.39, 0.29) is 17.7 Å². The summed E-state index contributed by atoms with van der Waals surface area (Å²) in [6.07, 6.45) is 2.11. The van der Waals surface area contributed by atoms with E-state index >= 15 is 0 Å². The van der Waals surface area contributed by atoms with Crippen LogP contribution in [0.4, 0.5) is 0 Å². The molecule has 1 aliphatic rings. The Hall–Kier alpha value is -2.38. The van der Waals surface area contributed by atoms with Gasteiger partial charge in [-0.15, -0.1) is 0 Å². The number of carbonyl (C=O) groups is 2. The maximum absolute atomic E-state index is 13.0. The van der Waals surface area contributed by atoms with Crippen molar-refractivity contribution >= 4 is 22.8 Å². The lowest BCUT2D eigenvalue weighted by Crippen LogP contribution is -2.43. The summed E-state index contributed by atoms with van der Waals surface area (Å²) in [7, 11) is 3.25. The molecule has 2 amide bonds. The van der Waals surface area contributed by atoms with E-state index in [1.165, 1.54) is 0 Å². The van der Waals surface area contributed by atoms with Gasteiger partial charge < -0.3 is 24.1 Å². The van der Waals surface area contributed by atoms with E-state index in [0.717, 1.165) is 17.4 Å². The van der Waals surface area contributed by atoms with Crippen LogP contribution in [0.3, 0.4) is 0 Å². The molecule has 152 valence electrons. The molecule has 1 aromatic carbocycles. The number of piperidine rings is 1. The first-order valence-corrected chi connectivity index (χ1v) is 9.71. The molecule has 7 heteroatoms. The molecule has 7 nitrogen and oxygen atoms in total. The minimum atomic E-state index is -0.137. The van der Waals surface area contributed by atoms with E-state index in [4.69, 9.17) is 13.9 Å². The van der Waals surface area contributed by atoms with Crippen molar-refractivity contribution in [2.75, 3.05) is 40.5 Å². The molecule has 1 aromatic heterocycles. The molecule has 1 fully saturated rings. The lowest BCUT2D eigenvalue weighted by molar-refractivity contribution is -0.126. The van der Waals surface area contributed by atoms with E-state index in [0.29, 0.717) is 57.0 Å². The summed E-state index contributed by atoms with van der Waals surface area (Å²) in [5, 5.41) is 3.85. The minimum absolute atomic E-state index is 0.0549. The second kappa shape index (κ2) is 9.71. The molecule has 1 saturated heterocycles. The summed E-state index contributed by atoms with van der Waals surface area (Å²) in [4.78, 5) is 27.1. The standard InChI is InChI=1S/C21H28N2O5/c1-26-13-5-10-22-20(24)15-8-11-23(12-9-15)21(25)19-17(14-27-2)16-6-3-4-7-18(16)28-19/h3-4,6-7,15H,5,8-14H2,1-2H3,(H,22,24). The number of nitrogens with zero attached hydrogens (tertiary/aromatic N) is 1. The molecule has 2 heterocycles. The number of carbonyl (C=O) groups excluding carboxylic acids is 2. The normalized spacial score (nSPS) is 15.1. The third kappa shape index (κ3) is 4.54. The largest absolute Gasteiger partial charge is 0.451 e. The fourth-order valence-corrected chi connectivity index (χ4v) is 3.62. The van der Waals surface area contributed by atoms with Gasteiger partial charge in [0.15, 0.2) is 5.76 Å². The van der Waals surface area contributed by atoms with Crippen LogP contribution >= 0.6 is 0 Å². The molecule has 0 aliphatic carbocycles. The second-order valence-corrected chi connectivity index (χ2v) is 7.04. The Morgan fingerprint density at radius 1 is 1.18 bits per heavy atom. The molecule has 0 atom stereocenters. The van der Waals surface area contributed by atoms with Crippen LogP contribution in [0.15, 0.2) is 28.7 Å². The van der Waals surface area contributed by atoms with Gasteiger partial charge >= 0.3 is 0 Å². The van der Waals surface area contributed by atoms with Gasteiger partial charge in [0.25, 0.3) is 5.91 Å². The first kappa shape index (κ1) is 20.4. The topological polar surface area (TPSA) is 81.0 Å². The van der Waals surface area contributed by atoms with Crippen LogP contribution in [0.25, 0.3) is 11.0 Å². The number of para-hydroxylation sites is 1. The first-order chi connectivity index (χ1) is 13.7. The van der Waals surface area contributed by atoms with Crippen molar-refractivity contribution in [3.05, 3.63) is 35.6 Å². The van der Waals surface area contributed by atoms with E-state index in [9.17, 15) is 9.59 Å². The molecule has 2 aromatic rings. The van der Waals surface area contributed by atoms with Gasteiger partial charge in [-0.1, -0.05) is 18.2 Å². The fraction of sp³-hybridized carbons (Fsp3) is 0.524. The Labute approximate surface area is 165 Å². The molecular formula is C21H28N2O5. The molecule has 28 heavy (non-hydrogen) atoms. The summed E-state index contributed by atoms with van der Waals surface area (Å²) in [6, 6.07) is 7.59. The maximum atomic E-state index is 13.0. The van der Waals surface area contributed by atoms with Crippen molar-refractivity contribution in [1.29, 1.82) is 0 Å². The lowest BCUT2D eigenvalue weighted by Gasteiger charge is -2.31. The Morgan fingerprint density at radius 2 is 1.93 bits per heavy atom. The number of benzene rings is 1. The predicted octanol–water partition coefficient (Wildman–Crippen LogP) is 2.58. The minimum Gasteiger partial charge on any atom is -0.451 e. The number of nitrogens with one attached hydrogen (secondary N) is 1. The molecule has 0 radical (unpaired) electrons. The summed E-state index contributed by atoms with van der Waals surface area (Å²) in [6.45, 7) is 2.65. The summed E-state index contributed by atoms with van der Waals surface area (Å²) in [5.74, 6) is 0.209. The zero-order valence-electron chi connectivity index (χ0n) is 16.5. The number of hydrogen-bond donors (Lipinski definition) is 1. The number of amides is 2. The fourth-order valence-electron chi connectivity index (χ4n) is 3.62. The van der Waals surface area contributed by atoms with E-state index < -0.39 is 0 Å². The number of furan rings is 1. The first-order valence-electron chi connectivity index (χ1n) is 9.71. The molecule has 0 saturated carbocycles. The summed E-state index contributed by atoms with van der Waals surface area (Å²) < 4.78 is 16.1. The average molecular weight is 388 g/mol. The highest BCUT2D eigenvalue weighted by molar-refractivity contribution is 5.99. The Balaban J connectivity index is 1.62. The number of ether oxygens (including phenoxy) is 2. The second-order valence-electron chi connectivity index (χ2n) is 7.04. The van der Waals surface area contributed by atoms with E-state index in [1.807, 2.05) is 24.3 Å². The predicted molar refractivity (Wildman–Crippen MR) is 105 cm³/mol. The molecule has 3 rings (SSSR count). The highest BCUT2D eigenvalue weighted by Crippen LogP contribution is 2.29. The van der Waals surface area contributed by atoms with E-state index in [1.54, 1.807) is 19.1 Å². The zero-order valence-corrected chi connectivity index (χ0v) is 16.5. The monoisotopic (exact) mass is 388 g/mol. The van der Waals surface area contributed by atoms with Gasteiger partial charge in [-0.3, -0.25) is 9.59 Å². The van der Waals surface area contributed by atoms with Gasteiger partial charge in [-0.05, 0) is 25.3 Å². The Morgan fingerprint density at radius 3 is 2.64 bits per heavy atom. The lowest BCUT2D eigenvalue weighted by atomic mass is 9.95. The van der Waals surface area contributed by atoms with Crippen molar-refractivity contribution in [2.45, 2.75) is 25.9 Å². The van der Waals surface area contributed by atoms with Crippen molar-refractivity contribution in [3.63, 3.8) is 0 Å². The summed E-state index contributed by atoms with van der Waals surface area (Å²) in [5.41, 5.74) is 1.46. The van der Waals surface area contributed by atoms with Gasteiger partial charge in [0, 0.05) is 57.3 Å². The Bertz CT molecular complexity index is 808.